The van der Waals surface area contributed by atoms with Crippen molar-refractivity contribution < 1.29 is 23.9 Å². The third-order valence-corrected chi connectivity index (χ3v) is 6.79. The van der Waals surface area contributed by atoms with Gasteiger partial charge in [0.2, 0.25) is 6.79 Å². The molecule has 0 saturated carbocycles. The van der Waals surface area contributed by atoms with Crippen LogP contribution in [-0.2, 0) is 9.59 Å². The van der Waals surface area contributed by atoms with E-state index in [1.165, 1.54) is 0 Å². The topological polar surface area (TPSA) is 88.2 Å². The summed E-state index contributed by atoms with van der Waals surface area (Å²) in [4.78, 5) is 42.1. The number of allylic oxidation sites excluding steroid dienone is 1. The van der Waals surface area contributed by atoms with Crippen molar-refractivity contribution in [3.8, 4) is 11.5 Å². The van der Waals surface area contributed by atoms with Gasteiger partial charge in [-0.3, -0.25) is 14.9 Å². The largest absolute Gasteiger partial charge is 0.454 e. The van der Waals surface area contributed by atoms with Crippen LogP contribution in [0.3, 0.4) is 0 Å². The lowest BCUT2D eigenvalue weighted by atomic mass is 9.85. The number of fused-ring (bicyclic) bond motifs is 2. The van der Waals surface area contributed by atoms with Crippen LogP contribution in [0.2, 0.25) is 0 Å². The first kappa shape index (κ1) is 23.7. The van der Waals surface area contributed by atoms with E-state index in [2.05, 4.69) is 57.0 Å². The van der Waals surface area contributed by atoms with Gasteiger partial charge < -0.3 is 14.4 Å². The van der Waals surface area contributed by atoms with Gasteiger partial charge in [-0.1, -0.05) is 6.08 Å². The number of aryl methyl sites for hydroxylation is 1. The van der Waals surface area contributed by atoms with Gasteiger partial charge in [-0.25, -0.2) is 9.69 Å². The molecule has 36 heavy (non-hydrogen) atoms. The average molecular weight is 488 g/mol. The van der Waals surface area contributed by atoms with E-state index in [1.54, 1.807) is 24.3 Å². The molecule has 2 aromatic rings. The molecule has 5 rings (SSSR count). The molecule has 0 unspecified atom stereocenters. The van der Waals surface area contributed by atoms with Crippen LogP contribution in [-0.4, -0.2) is 36.2 Å². The fourth-order valence-corrected chi connectivity index (χ4v) is 5.38. The maximum absolute atomic E-state index is 13.4. The fraction of sp³-hybridized carbons (Fsp3) is 0.321. The highest BCUT2D eigenvalue weighted by Crippen LogP contribution is 2.42. The van der Waals surface area contributed by atoms with Crippen LogP contribution in [0.1, 0.15) is 51.3 Å². The van der Waals surface area contributed by atoms with Crippen molar-refractivity contribution >= 4 is 40.9 Å². The quantitative estimate of drug-likeness (QED) is 0.494. The summed E-state index contributed by atoms with van der Waals surface area (Å²) in [5, 5.41) is 2.29. The van der Waals surface area contributed by atoms with Crippen LogP contribution in [0.5, 0.6) is 11.5 Å². The van der Waals surface area contributed by atoms with E-state index in [-0.39, 0.29) is 29.6 Å². The highest BCUT2D eigenvalue weighted by atomic mass is 16.7. The summed E-state index contributed by atoms with van der Waals surface area (Å²) in [6.45, 7) is 12.8. The summed E-state index contributed by atoms with van der Waals surface area (Å²) in [5.74, 6) is -0.462. The van der Waals surface area contributed by atoms with Gasteiger partial charge in [0.15, 0.2) is 11.5 Å². The lowest BCUT2D eigenvalue weighted by Gasteiger charge is -2.46. The summed E-state index contributed by atoms with van der Waals surface area (Å²) in [7, 11) is 0. The molecule has 8 nitrogen and oxygen atoms in total. The maximum Gasteiger partial charge on any atom is 0.335 e. The van der Waals surface area contributed by atoms with E-state index in [4.69, 9.17) is 9.47 Å². The number of imide groups is 2. The second-order valence-corrected chi connectivity index (χ2v) is 10.2. The maximum atomic E-state index is 13.4. The molecule has 0 spiro atoms. The molecule has 0 radical (unpaired) electrons. The number of barbiturate groups is 1. The van der Waals surface area contributed by atoms with Crippen LogP contribution in [0.15, 0.2) is 42.0 Å². The van der Waals surface area contributed by atoms with Gasteiger partial charge in [-0.15, -0.1) is 0 Å². The monoisotopic (exact) mass is 487 g/mol. The van der Waals surface area contributed by atoms with E-state index in [0.29, 0.717) is 11.5 Å². The molecule has 1 fully saturated rings. The summed E-state index contributed by atoms with van der Waals surface area (Å²) in [6.07, 6.45) is 3.80. The highest BCUT2D eigenvalue weighted by Gasteiger charge is 2.38. The van der Waals surface area contributed by atoms with Crippen molar-refractivity contribution in [2.45, 2.75) is 53.1 Å². The predicted molar refractivity (Wildman–Crippen MR) is 138 cm³/mol. The fourth-order valence-electron chi connectivity index (χ4n) is 5.38. The Hall–Kier alpha value is -4.07. The van der Waals surface area contributed by atoms with Crippen molar-refractivity contribution in [1.29, 1.82) is 0 Å². The van der Waals surface area contributed by atoms with E-state index >= 15 is 0 Å². The summed E-state index contributed by atoms with van der Waals surface area (Å²) in [5.41, 5.74) is 4.97. The Morgan fingerprint density at radius 2 is 1.75 bits per heavy atom. The summed E-state index contributed by atoms with van der Waals surface area (Å²) in [6, 6.07) is 8.34. The van der Waals surface area contributed by atoms with Crippen molar-refractivity contribution in [2.75, 3.05) is 16.6 Å². The number of hydrogen-bond donors (Lipinski definition) is 1. The van der Waals surface area contributed by atoms with Gasteiger partial charge in [-0.05, 0) is 88.6 Å². The first-order valence-corrected chi connectivity index (χ1v) is 11.9. The number of nitrogens with zero attached hydrogens (tertiary/aromatic N) is 2. The van der Waals surface area contributed by atoms with E-state index in [1.807, 2.05) is 13.0 Å². The molecule has 0 atom stereocenters. The first-order chi connectivity index (χ1) is 17.0. The Morgan fingerprint density at radius 3 is 2.47 bits per heavy atom. The second-order valence-electron chi connectivity index (χ2n) is 10.2. The molecule has 8 heteroatoms. The molecule has 4 amide bonds. The normalized spacial score (nSPS) is 19.6. The molecule has 0 aromatic heterocycles. The molecule has 3 heterocycles. The number of nitrogens with one attached hydrogen (secondary N) is 1. The van der Waals surface area contributed by atoms with E-state index < -0.39 is 17.8 Å². The van der Waals surface area contributed by atoms with Gasteiger partial charge in [0.05, 0.1) is 11.2 Å². The molecule has 0 bridgehead atoms. The standard InChI is InChI=1S/C28H29N3O5/c1-15(2)31-22-9-16(3)18(10-20(22)17(4)13-28(31,5)6)11-21-25(32)29-27(34)30(26(21)33)19-7-8-23-24(12-19)36-14-35-23/h7-13,15H,14H2,1-6H3,(H,29,32,34)/b21-11+. The molecule has 3 aliphatic heterocycles. The van der Waals surface area contributed by atoms with Crippen molar-refractivity contribution in [1.82, 2.24) is 5.32 Å². The first-order valence-electron chi connectivity index (χ1n) is 11.9. The summed E-state index contributed by atoms with van der Waals surface area (Å²) < 4.78 is 10.7. The Balaban J connectivity index is 1.57. The number of ether oxygens (including phenoxy) is 2. The zero-order valence-corrected chi connectivity index (χ0v) is 21.3. The van der Waals surface area contributed by atoms with Crippen LogP contribution in [0, 0.1) is 6.92 Å². The van der Waals surface area contributed by atoms with Crippen LogP contribution in [0.4, 0.5) is 16.2 Å². The minimum absolute atomic E-state index is 0.0689. The molecule has 186 valence electrons. The van der Waals surface area contributed by atoms with Crippen LogP contribution in [0.25, 0.3) is 11.6 Å². The number of hydrogen-bond acceptors (Lipinski definition) is 6. The molecular weight excluding hydrogens is 458 g/mol. The van der Waals surface area contributed by atoms with Crippen molar-refractivity contribution in [2.24, 2.45) is 0 Å². The number of carbonyl (C=O) groups excluding carboxylic acids is 3. The number of anilines is 2. The molecule has 1 saturated heterocycles. The van der Waals surface area contributed by atoms with Gasteiger partial charge in [0, 0.05) is 23.4 Å². The number of urea groups is 1. The molecule has 2 aromatic carbocycles. The SMILES string of the molecule is CC1=CC(C)(C)N(C(C)C)c2cc(C)c(/C=C3\C(=O)NC(=O)N(c4ccc5c(c4)OCO5)C3=O)cc21. The molecule has 3 aliphatic rings. The average Bonchev–Trinajstić information content (AvgIpc) is 3.24. The number of amides is 4. The minimum Gasteiger partial charge on any atom is -0.454 e. The second kappa shape index (κ2) is 8.26. The highest BCUT2D eigenvalue weighted by molar-refractivity contribution is 6.39. The Bertz CT molecular complexity index is 1390. The van der Waals surface area contributed by atoms with E-state index in [0.717, 1.165) is 32.9 Å². The zero-order chi connectivity index (χ0) is 25.9. The third-order valence-electron chi connectivity index (χ3n) is 6.79. The predicted octanol–water partition coefficient (Wildman–Crippen LogP) is 4.80. The van der Waals surface area contributed by atoms with Gasteiger partial charge >= 0.3 is 6.03 Å². The Labute approximate surface area is 210 Å². The van der Waals surface area contributed by atoms with Crippen molar-refractivity contribution in [3.63, 3.8) is 0 Å². The number of rotatable bonds is 3. The van der Waals surface area contributed by atoms with Gasteiger partial charge in [0.1, 0.15) is 5.57 Å². The molecular formula is C28H29N3O5. The zero-order valence-electron chi connectivity index (χ0n) is 21.3. The lowest BCUT2D eigenvalue weighted by molar-refractivity contribution is -0.122. The number of benzene rings is 2. The van der Waals surface area contributed by atoms with E-state index in [9.17, 15) is 14.4 Å². The van der Waals surface area contributed by atoms with Gasteiger partial charge in [-0.2, -0.15) is 0 Å². The Kier molecular flexibility index (Phi) is 5.43. The molecule has 0 aliphatic carbocycles. The number of carbonyl (C=O) groups is 3. The molecule has 1 N–H and O–H groups in total. The third kappa shape index (κ3) is 3.73. The summed E-state index contributed by atoms with van der Waals surface area (Å²) >= 11 is 0. The Morgan fingerprint density at radius 1 is 1.03 bits per heavy atom. The minimum atomic E-state index is -0.809. The van der Waals surface area contributed by atoms with Crippen LogP contribution < -0.4 is 24.6 Å². The lowest BCUT2D eigenvalue weighted by Crippen LogP contribution is -2.54. The van der Waals surface area contributed by atoms with Crippen LogP contribution >= 0.6 is 0 Å². The van der Waals surface area contributed by atoms with Gasteiger partial charge in [0.25, 0.3) is 11.8 Å². The van der Waals surface area contributed by atoms with Crippen molar-refractivity contribution in [3.05, 3.63) is 58.7 Å². The smallest absolute Gasteiger partial charge is 0.335 e.